The van der Waals surface area contributed by atoms with Crippen molar-refractivity contribution in [2.45, 2.75) is 25.8 Å². The van der Waals surface area contributed by atoms with Crippen LogP contribution in [-0.2, 0) is 9.53 Å². The number of rotatable bonds is 4. The average molecular weight is 237 g/mol. The molecule has 0 aromatic carbocycles. The van der Waals surface area contributed by atoms with Crippen molar-refractivity contribution >= 4 is 18.3 Å². The van der Waals surface area contributed by atoms with Crippen LogP contribution in [0, 0.1) is 5.92 Å². The third kappa shape index (κ3) is 5.35. The third-order valence-corrected chi connectivity index (χ3v) is 2.51. The summed E-state index contributed by atoms with van der Waals surface area (Å²) in [5.74, 6) is 0.0440. The van der Waals surface area contributed by atoms with Gasteiger partial charge in [-0.05, 0) is 19.4 Å². The molecular formula is C10H21ClN2O2. The van der Waals surface area contributed by atoms with Crippen LogP contribution in [0.4, 0.5) is 0 Å². The van der Waals surface area contributed by atoms with Gasteiger partial charge in [-0.25, -0.2) is 0 Å². The molecule has 1 amide bonds. The van der Waals surface area contributed by atoms with E-state index in [0.29, 0.717) is 12.6 Å². The number of hydrogen-bond donors (Lipinski definition) is 2. The number of hydrogen-bond acceptors (Lipinski definition) is 3. The molecule has 1 heterocycles. The normalized spacial score (nSPS) is 22.7. The molecule has 4 nitrogen and oxygen atoms in total. The smallest absolute Gasteiger partial charge is 0.225 e. The number of methoxy groups -OCH3 is 1. The molecule has 0 bridgehead atoms. The molecule has 5 heteroatoms. The van der Waals surface area contributed by atoms with Crippen molar-refractivity contribution in [3.8, 4) is 0 Å². The molecular weight excluding hydrogens is 216 g/mol. The minimum atomic E-state index is -0.0538. The van der Waals surface area contributed by atoms with Crippen molar-refractivity contribution in [3.63, 3.8) is 0 Å². The van der Waals surface area contributed by atoms with Crippen molar-refractivity contribution < 1.29 is 9.53 Å². The van der Waals surface area contributed by atoms with Gasteiger partial charge >= 0.3 is 0 Å². The van der Waals surface area contributed by atoms with Gasteiger partial charge in [0.05, 0.1) is 12.5 Å². The van der Waals surface area contributed by atoms with E-state index in [-0.39, 0.29) is 24.2 Å². The molecule has 0 aromatic rings. The molecule has 0 radical (unpaired) electrons. The molecule has 0 aromatic heterocycles. The molecule has 1 aliphatic rings. The third-order valence-electron chi connectivity index (χ3n) is 2.51. The van der Waals surface area contributed by atoms with E-state index in [4.69, 9.17) is 4.74 Å². The van der Waals surface area contributed by atoms with Gasteiger partial charge in [-0.2, -0.15) is 0 Å². The van der Waals surface area contributed by atoms with Gasteiger partial charge in [0.1, 0.15) is 0 Å². The van der Waals surface area contributed by atoms with Gasteiger partial charge in [0, 0.05) is 19.7 Å². The first kappa shape index (κ1) is 14.7. The first-order valence-electron chi connectivity index (χ1n) is 5.24. The number of halogens is 1. The Kier molecular flexibility index (Phi) is 7.74. The molecule has 1 unspecified atom stereocenters. The summed E-state index contributed by atoms with van der Waals surface area (Å²) in [6, 6.07) is 0.301. The quantitative estimate of drug-likeness (QED) is 0.750. The minimum absolute atomic E-state index is 0. The summed E-state index contributed by atoms with van der Waals surface area (Å²) >= 11 is 0. The van der Waals surface area contributed by atoms with Crippen LogP contribution in [0.2, 0.25) is 0 Å². The summed E-state index contributed by atoms with van der Waals surface area (Å²) in [7, 11) is 1.62. The van der Waals surface area contributed by atoms with Gasteiger partial charge in [-0.15, -0.1) is 12.4 Å². The first-order valence-corrected chi connectivity index (χ1v) is 5.24. The van der Waals surface area contributed by atoms with Crippen LogP contribution in [0.25, 0.3) is 0 Å². The zero-order chi connectivity index (χ0) is 10.4. The monoisotopic (exact) mass is 236 g/mol. The standard InChI is InChI=1S/C10H20N2O2.ClH/c1-8(7-14-2)10(13)12-9-4-3-5-11-6-9;/h8-9,11H,3-7H2,1-2H3,(H,12,13);1H/t8?,9-;/m1./s1. The van der Waals surface area contributed by atoms with Crippen molar-refractivity contribution in [2.75, 3.05) is 26.8 Å². The van der Waals surface area contributed by atoms with Crippen LogP contribution in [0.5, 0.6) is 0 Å². The van der Waals surface area contributed by atoms with Gasteiger partial charge in [0.2, 0.25) is 5.91 Å². The molecule has 1 saturated heterocycles. The van der Waals surface area contributed by atoms with Crippen LogP contribution in [0.15, 0.2) is 0 Å². The Balaban J connectivity index is 0.00000196. The Morgan fingerprint density at radius 3 is 2.93 bits per heavy atom. The molecule has 1 rings (SSSR count). The van der Waals surface area contributed by atoms with Gasteiger partial charge in [-0.1, -0.05) is 6.92 Å². The second kappa shape index (κ2) is 7.91. The Morgan fingerprint density at radius 2 is 2.40 bits per heavy atom. The Bertz CT molecular complexity index is 184. The topological polar surface area (TPSA) is 50.4 Å². The van der Waals surface area contributed by atoms with Crippen molar-refractivity contribution in [2.24, 2.45) is 5.92 Å². The van der Waals surface area contributed by atoms with E-state index in [1.54, 1.807) is 7.11 Å². The highest BCUT2D eigenvalue weighted by molar-refractivity contribution is 5.85. The van der Waals surface area contributed by atoms with Crippen LogP contribution in [0.3, 0.4) is 0 Å². The van der Waals surface area contributed by atoms with E-state index in [0.717, 1.165) is 25.9 Å². The largest absolute Gasteiger partial charge is 0.384 e. The van der Waals surface area contributed by atoms with E-state index in [1.807, 2.05) is 6.92 Å². The fourth-order valence-electron chi connectivity index (χ4n) is 1.64. The van der Waals surface area contributed by atoms with Crippen LogP contribution in [0.1, 0.15) is 19.8 Å². The lowest BCUT2D eigenvalue weighted by atomic mass is 10.1. The fraction of sp³-hybridized carbons (Fsp3) is 0.900. The van der Waals surface area contributed by atoms with Gasteiger partial charge < -0.3 is 15.4 Å². The summed E-state index contributed by atoms with van der Waals surface area (Å²) in [5.41, 5.74) is 0. The molecule has 0 aliphatic carbocycles. The molecule has 0 saturated carbocycles. The second-order valence-corrected chi connectivity index (χ2v) is 3.91. The first-order chi connectivity index (χ1) is 6.74. The fourth-order valence-corrected chi connectivity index (χ4v) is 1.64. The predicted molar refractivity (Wildman–Crippen MR) is 62.3 cm³/mol. The molecule has 1 aliphatic heterocycles. The summed E-state index contributed by atoms with van der Waals surface area (Å²) in [6.45, 7) is 4.34. The summed E-state index contributed by atoms with van der Waals surface area (Å²) in [6.07, 6.45) is 2.22. The zero-order valence-corrected chi connectivity index (χ0v) is 10.2. The number of carbonyl (C=O) groups is 1. The highest BCUT2D eigenvalue weighted by Crippen LogP contribution is 2.03. The Labute approximate surface area is 97.5 Å². The molecule has 2 N–H and O–H groups in total. The lowest BCUT2D eigenvalue weighted by molar-refractivity contribution is -0.126. The van der Waals surface area contributed by atoms with Gasteiger partial charge in [0.25, 0.3) is 0 Å². The summed E-state index contributed by atoms with van der Waals surface area (Å²) in [4.78, 5) is 11.6. The predicted octanol–water partition coefficient (Wildman–Crippen LogP) is 0.559. The van der Waals surface area contributed by atoms with Crippen molar-refractivity contribution in [1.29, 1.82) is 0 Å². The minimum Gasteiger partial charge on any atom is -0.384 e. The highest BCUT2D eigenvalue weighted by atomic mass is 35.5. The SMILES string of the molecule is COCC(C)C(=O)N[C@@H]1CCCNC1.Cl. The van der Waals surface area contributed by atoms with Gasteiger partial charge in [-0.3, -0.25) is 4.79 Å². The summed E-state index contributed by atoms with van der Waals surface area (Å²) in [5, 5.41) is 6.29. The number of ether oxygens (including phenoxy) is 1. The van der Waals surface area contributed by atoms with Crippen molar-refractivity contribution in [1.82, 2.24) is 10.6 Å². The maximum absolute atomic E-state index is 11.6. The second-order valence-electron chi connectivity index (χ2n) is 3.91. The Hall–Kier alpha value is -0.320. The molecule has 2 atom stereocenters. The number of amides is 1. The highest BCUT2D eigenvalue weighted by Gasteiger charge is 2.18. The van der Waals surface area contributed by atoms with E-state index >= 15 is 0 Å². The number of nitrogens with one attached hydrogen (secondary N) is 2. The van der Waals surface area contributed by atoms with E-state index in [2.05, 4.69) is 10.6 Å². The number of piperidine rings is 1. The summed E-state index contributed by atoms with van der Waals surface area (Å²) < 4.78 is 4.94. The van der Waals surface area contributed by atoms with Crippen LogP contribution < -0.4 is 10.6 Å². The maximum Gasteiger partial charge on any atom is 0.225 e. The lowest BCUT2D eigenvalue weighted by Gasteiger charge is -2.25. The van der Waals surface area contributed by atoms with E-state index in [1.165, 1.54) is 0 Å². The molecule has 15 heavy (non-hydrogen) atoms. The molecule has 0 spiro atoms. The number of carbonyl (C=O) groups excluding carboxylic acids is 1. The zero-order valence-electron chi connectivity index (χ0n) is 9.41. The lowest BCUT2D eigenvalue weighted by Crippen LogP contribution is -2.47. The van der Waals surface area contributed by atoms with Crippen molar-refractivity contribution in [3.05, 3.63) is 0 Å². The van der Waals surface area contributed by atoms with Crippen LogP contribution in [-0.4, -0.2) is 38.8 Å². The average Bonchev–Trinajstić information content (AvgIpc) is 2.19. The van der Waals surface area contributed by atoms with E-state index in [9.17, 15) is 4.79 Å². The maximum atomic E-state index is 11.6. The van der Waals surface area contributed by atoms with Crippen LogP contribution >= 0.6 is 12.4 Å². The molecule has 90 valence electrons. The van der Waals surface area contributed by atoms with E-state index < -0.39 is 0 Å². The Morgan fingerprint density at radius 1 is 1.67 bits per heavy atom. The molecule has 1 fully saturated rings. The van der Waals surface area contributed by atoms with Gasteiger partial charge in [0.15, 0.2) is 0 Å².